The highest BCUT2D eigenvalue weighted by Gasteiger charge is 2.25. The Labute approximate surface area is 131 Å². The number of alkyl halides is 2. The Bertz CT molecular complexity index is 793. The Morgan fingerprint density at radius 1 is 1.17 bits per heavy atom. The molecule has 122 valence electrons. The zero-order valence-electron chi connectivity index (χ0n) is 11.8. The minimum atomic E-state index is -3.97. The Morgan fingerprint density at radius 2 is 1.96 bits per heavy atom. The van der Waals surface area contributed by atoms with E-state index < -0.39 is 16.6 Å². The van der Waals surface area contributed by atoms with E-state index in [2.05, 4.69) is 19.7 Å². The first-order chi connectivity index (χ1) is 10.9. The Morgan fingerprint density at radius 3 is 2.57 bits per heavy atom. The van der Waals surface area contributed by atoms with Crippen LogP contribution in [0.15, 0.2) is 41.3 Å². The Hall–Kier alpha value is -2.29. The number of hydrogen-bond acceptors (Lipinski definition) is 5. The standard InChI is InChI=1S/C14H13F2N3O3S/c15-14(16)22-10-2-1-3-11(8-10)23(20,21)19-13-7-6-12(17-18-13)9-4-5-9/h1-3,6-9,14H,4-5H2,(H,18,19). The summed E-state index contributed by atoms with van der Waals surface area (Å²) in [4.78, 5) is -0.205. The molecular weight excluding hydrogens is 328 g/mol. The second-order valence-electron chi connectivity index (χ2n) is 5.08. The molecule has 0 bridgehead atoms. The molecular formula is C14H13F2N3O3S. The van der Waals surface area contributed by atoms with E-state index in [1.165, 1.54) is 24.3 Å². The topological polar surface area (TPSA) is 81.2 Å². The molecule has 0 atom stereocenters. The maximum atomic E-state index is 12.2. The number of anilines is 1. The van der Waals surface area contributed by atoms with Gasteiger partial charge in [0, 0.05) is 12.0 Å². The van der Waals surface area contributed by atoms with Gasteiger partial charge in [-0.25, -0.2) is 8.42 Å². The van der Waals surface area contributed by atoms with Crippen molar-refractivity contribution in [2.45, 2.75) is 30.3 Å². The van der Waals surface area contributed by atoms with Crippen molar-refractivity contribution in [1.82, 2.24) is 10.2 Å². The van der Waals surface area contributed by atoms with Crippen molar-refractivity contribution in [3.05, 3.63) is 42.1 Å². The summed E-state index contributed by atoms with van der Waals surface area (Å²) < 4.78 is 55.3. The van der Waals surface area contributed by atoms with Gasteiger partial charge in [0.1, 0.15) is 5.75 Å². The quantitative estimate of drug-likeness (QED) is 0.874. The molecule has 6 nitrogen and oxygen atoms in total. The van der Waals surface area contributed by atoms with Crippen molar-refractivity contribution in [3.63, 3.8) is 0 Å². The molecule has 2 aromatic rings. The van der Waals surface area contributed by atoms with Crippen LogP contribution in [0.2, 0.25) is 0 Å². The predicted molar refractivity (Wildman–Crippen MR) is 77.9 cm³/mol. The summed E-state index contributed by atoms with van der Waals surface area (Å²) in [7, 11) is -3.97. The van der Waals surface area contributed by atoms with E-state index in [0.29, 0.717) is 5.92 Å². The first-order valence-electron chi connectivity index (χ1n) is 6.85. The molecule has 1 heterocycles. The van der Waals surface area contributed by atoms with E-state index in [4.69, 9.17) is 0 Å². The molecule has 0 radical (unpaired) electrons. The van der Waals surface area contributed by atoms with E-state index in [-0.39, 0.29) is 16.5 Å². The summed E-state index contributed by atoms with van der Waals surface area (Å²) in [6.45, 7) is -3.03. The van der Waals surface area contributed by atoms with Crippen LogP contribution in [0.1, 0.15) is 24.5 Å². The molecule has 23 heavy (non-hydrogen) atoms. The molecule has 1 aliphatic carbocycles. The fourth-order valence-electron chi connectivity index (χ4n) is 2.01. The van der Waals surface area contributed by atoms with Crippen molar-refractivity contribution in [1.29, 1.82) is 0 Å². The highest BCUT2D eigenvalue weighted by atomic mass is 32.2. The number of ether oxygens (including phenoxy) is 1. The van der Waals surface area contributed by atoms with Gasteiger partial charge in [-0.2, -0.15) is 13.9 Å². The van der Waals surface area contributed by atoms with E-state index in [1.54, 1.807) is 6.07 Å². The van der Waals surface area contributed by atoms with Crippen LogP contribution in [-0.4, -0.2) is 25.2 Å². The zero-order valence-corrected chi connectivity index (χ0v) is 12.6. The van der Waals surface area contributed by atoms with Gasteiger partial charge in [-0.05, 0) is 37.1 Å². The van der Waals surface area contributed by atoms with Crippen molar-refractivity contribution in [2.24, 2.45) is 0 Å². The van der Waals surface area contributed by atoms with Gasteiger partial charge in [0.05, 0.1) is 10.6 Å². The maximum absolute atomic E-state index is 12.2. The summed E-state index contributed by atoms with van der Waals surface area (Å²) in [5.41, 5.74) is 0.834. The zero-order chi connectivity index (χ0) is 16.4. The van der Waals surface area contributed by atoms with Gasteiger partial charge in [-0.15, -0.1) is 5.10 Å². The summed E-state index contributed by atoms with van der Waals surface area (Å²) >= 11 is 0. The first kappa shape index (κ1) is 15.6. The number of benzene rings is 1. The Balaban J connectivity index is 1.77. The normalized spacial score (nSPS) is 14.7. The van der Waals surface area contributed by atoms with Crippen LogP contribution in [0.25, 0.3) is 0 Å². The minimum Gasteiger partial charge on any atom is -0.435 e. The van der Waals surface area contributed by atoms with Crippen molar-refractivity contribution in [3.8, 4) is 5.75 Å². The number of aromatic nitrogens is 2. The van der Waals surface area contributed by atoms with Gasteiger partial charge in [0.15, 0.2) is 5.82 Å². The van der Waals surface area contributed by atoms with Crippen molar-refractivity contribution < 1.29 is 21.9 Å². The molecule has 1 aromatic carbocycles. The molecule has 9 heteroatoms. The summed E-state index contributed by atoms with van der Waals surface area (Å²) in [5.74, 6) is 0.240. The van der Waals surface area contributed by atoms with Crippen LogP contribution in [0.5, 0.6) is 5.75 Å². The highest BCUT2D eigenvalue weighted by molar-refractivity contribution is 7.92. The molecule has 0 aliphatic heterocycles. The SMILES string of the molecule is O=S(=O)(Nc1ccc(C2CC2)nn1)c1cccc(OC(F)F)c1. The third kappa shape index (κ3) is 3.92. The van der Waals surface area contributed by atoms with Gasteiger partial charge in [0.25, 0.3) is 10.0 Å². The lowest BCUT2D eigenvalue weighted by Gasteiger charge is -2.09. The smallest absolute Gasteiger partial charge is 0.387 e. The molecule has 1 N–H and O–H groups in total. The number of nitrogens with one attached hydrogen (secondary N) is 1. The Kier molecular flexibility index (Phi) is 4.12. The summed E-state index contributed by atoms with van der Waals surface area (Å²) in [5, 5.41) is 7.80. The summed E-state index contributed by atoms with van der Waals surface area (Å²) in [6.07, 6.45) is 2.13. The van der Waals surface area contributed by atoms with Crippen LogP contribution in [0.3, 0.4) is 0 Å². The van der Waals surface area contributed by atoms with Crippen LogP contribution in [0.4, 0.5) is 14.6 Å². The number of sulfonamides is 1. The average Bonchev–Trinajstić information content (AvgIpc) is 3.32. The van der Waals surface area contributed by atoms with Crippen LogP contribution < -0.4 is 9.46 Å². The van der Waals surface area contributed by atoms with Gasteiger partial charge in [-0.3, -0.25) is 4.72 Å². The van der Waals surface area contributed by atoms with Gasteiger partial charge < -0.3 is 4.74 Å². The van der Waals surface area contributed by atoms with Crippen molar-refractivity contribution >= 4 is 15.8 Å². The maximum Gasteiger partial charge on any atom is 0.387 e. The number of hydrogen-bond donors (Lipinski definition) is 1. The highest BCUT2D eigenvalue weighted by Crippen LogP contribution is 2.38. The molecule has 1 fully saturated rings. The minimum absolute atomic E-state index is 0.0644. The molecule has 0 saturated heterocycles. The molecule has 0 amide bonds. The number of halogens is 2. The molecule has 3 rings (SSSR count). The van der Waals surface area contributed by atoms with Crippen LogP contribution in [-0.2, 0) is 10.0 Å². The largest absolute Gasteiger partial charge is 0.435 e. The lowest BCUT2D eigenvalue weighted by atomic mass is 10.3. The number of rotatable bonds is 6. The third-order valence-corrected chi connectivity index (χ3v) is 4.61. The molecule has 0 spiro atoms. The lowest BCUT2D eigenvalue weighted by molar-refractivity contribution is -0.0499. The second-order valence-corrected chi connectivity index (χ2v) is 6.76. The summed E-state index contributed by atoms with van der Waals surface area (Å²) in [6, 6.07) is 8.09. The van der Waals surface area contributed by atoms with Crippen molar-refractivity contribution in [2.75, 3.05) is 4.72 Å². The fourth-order valence-corrected chi connectivity index (χ4v) is 3.04. The predicted octanol–water partition coefficient (Wildman–Crippen LogP) is 2.76. The van der Waals surface area contributed by atoms with E-state index in [9.17, 15) is 17.2 Å². The molecule has 1 aromatic heterocycles. The second kappa shape index (κ2) is 6.07. The monoisotopic (exact) mass is 341 g/mol. The van der Waals surface area contributed by atoms with Gasteiger partial charge in [-0.1, -0.05) is 6.07 Å². The van der Waals surface area contributed by atoms with Gasteiger partial charge >= 0.3 is 6.61 Å². The number of nitrogens with zero attached hydrogens (tertiary/aromatic N) is 2. The molecule has 0 unspecified atom stereocenters. The lowest BCUT2D eigenvalue weighted by Crippen LogP contribution is -2.15. The molecule has 1 saturated carbocycles. The molecule has 1 aliphatic rings. The van der Waals surface area contributed by atoms with E-state index >= 15 is 0 Å². The first-order valence-corrected chi connectivity index (χ1v) is 8.34. The van der Waals surface area contributed by atoms with Gasteiger partial charge in [0.2, 0.25) is 0 Å². The third-order valence-electron chi connectivity index (χ3n) is 3.26. The van der Waals surface area contributed by atoms with E-state index in [0.717, 1.165) is 24.6 Å². The van der Waals surface area contributed by atoms with Crippen LogP contribution in [0, 0.1) is 0 Å². The average molecular weight is 341 g/mol. The van der Waals surface area contributed by atoms with E-state index in [1.807, 2.05) is 0 Å². The van der Waals surface area contributed by atoms with Crippen LogP contribution >= 0.6 is 0 Å². The fraction of sp³-hybridized carbons (Fsp3) is 0.286.